The lowest BCUT2D eigenvalue weighted by Crippen LogP contribution is -2.35. The van der Waals surface area contributed by atoms with Gasteiger partial charge < -0.3 is 14.5 Å². The maximum atomic E-state index is 12.7. The highest BCUT2D eigenvalue weighted by atomic mass is 32.1. The molecule has 1 aliphatic rings. The molecule has 6 heteroatoms. The number of benzene rings is 1. The Bertz CT molecular complexity index is 986. The first-order valence-corrected chi connectivity index (χ1v) is 11.2. The molecule has 158 valence electrons. The second kappa shape index (κ2) is 9.06. The number of anilines is 1. The van der Waals surface area contributed by atoms with E-state index in [1.807, 2.05) is 12.1 Å². The monoisotopic (exact) mass is 424 g/mol. The molecular formula is C24H28N2O3S. The molecule has 1 saturated heterocycles. The number of hydrogen-bond acceptors (Lipinski definition) is 5. The Balaban J connectivity index is 1.76. The molecule has 0 aliphatic carbocycles. The minimum Gasteiger partial charge on any atom is -0.497 e. The molecule has 3 heterocycles. The van der Waals surface area contributed by atoms with Crippen molar-refractivity contribution < 1.29 is 13.9 Å². The first-order valence-electron chi connectivity index (χ1n) is 10.4. The molecule has 1 aliphatic heterocycles. The van der Waals surface area contributed by atoms with Crippen LogP contribution in [0.2, 0.25) is 0 Å². The summed E-state index contributed by atoms with van der Waals surface area (Å²) in [7, 11) is 1.69. The zero-order valence-electron chi connectivity index (χ0n) is 17.7. The molecule has 4 rings (SSSR count). The Morgan fingerprint density at radius 1 is 1.13 bits per heavy atom. The fourth-order valence-corrected chi connectivity index (χ4v) is 5.25. The van der Waals surface area contributed by atoms with Gasteiger partial charge >= 0.3 is 0 Å². The van der Waals surface area contributed by atoms with Crippen LogP contribution in [0.15, 0.2) is 47.1 Å². The molecule has 5 nitrogen and oxygen atoms in total. The SMILES string of the molecule is COc1ccc([C@H](c2c(NC(=O)c3ccco3)sc(C)c2C)N2CCCCC2)cc1. The van der Waals surface area contributed by atoms with Crippen LogP contribution in [0.1, 0.15) is 57.4 Å². The van der Waals surface area contributed by atoms with E-state index in [9.17, 15) is 4.79 Å². The average Bonchev–Trinajstić information content (AvgIpc) is 3.40. The van der Waals surface area contributed by atoms with Crippen LogP contribution in [0, 0.1) is 13.8 Å². The molecule has 2 aromatic heterocycles. The lowest BCUT2D eigenvalue weighted by molar-refractivity contribution is 0.0996. The fraction of sp³-hybridized carbons (Fsp3) is 0.375. The first-order chi connectivity index (χ1) is 14.6. The summed E-state index contributed by atoms with van der Waals surface area (Å²) in [6.07, 6.45) is 5.19. The van der Waals surface area contributed by atoms with Gasteiger partial charge in [0.15, 0.2) is 5.76 Å². The third-order valence-electron chi connectivity index (χ3n) is 5.86. The van der Waals surface area contributed by atoms with Gasteiger partial charge in [0.25, 0.3) is 5.91 Å². The quantitative estimate of drug-likeness (QED) is 0.544. The number of carbonyl (C=O) groups is 1. The summed E-state index contributed by atoms with van der Waals surface area (Å²) in [5, 5.41) is 4.02. The summed E-state index contributed by atoms with van der Waals surface area (Å²) < 4.78 is 10.7. The summed E-state index contributed by atoms with van der Waals surface area (Å²) in [6.45, 7) is 6.38. The van der Waals surface area contributed by atoms with Gasteiger partial charge in [-0.25, -0.2) is 0 Å². The smallest absolute Gasteiger partial charge is 0.291 e. The van der Waals surface area contributed by atoms with Crippen molar-refractivity contribution in [3.05, 3.63) is 70.0 Å². The number of methoxy groups -OCH3 is 1. The predicted molar refractivity (Wildman–Crippen MR) is 121 cm³/mol. The average molecular weight is 425 g/mol. The van der Waals surface area contributed by atoms with E-state index in [0.717, 1.165) is 23.8 Å². The fourth-order valence-electron chi connectivity index (χ4n) is 4.16. The van der Waals surface area contributed by atoms with E-state index < -0.39 is 0 Å². The number of piperidine rings is 1. The maximum absolute atomic E-state index is 12.7. The van der Waals surface area contributed by atoms with Crippen molar-refractivity contribution in [2.75, 3.05) is 25.5 Å². The van der Waals surface area contributed by atoms with Gasteiger partial charge in [0.2, 0.25) is 0 Å². The number of furan rings is 1. The number of amides is 1. The highest BCUT2D eigenvalue weighted by molar-refractivity contribution is 7.16. The van der Waals surface area contributed by atoms with E-state index in [2.05, 4.69) is 36.2 Å². The van der Waals surface area contributed by atoms with E-state index >= 15 is 0 Å². The first kappa shape index (κ1) is 20.7. The Morgan fingerprint density at radius 3 is 2.50 bits per heavy atom. The van der Waals surface area contributed by atoms with Gasteiger partial charge in [0.1, 0.15) is 10.8 Å². The maximum Gasteiger partial charge on any atom is 0.291 e. The third-order valence-corrected chi connectivity index (χ3v) is 7.00. The van der Waals surface area contributed by atoms with Crippen LogP contribution in [0.4, 0.5) is 5.00 Å². The van der Waals surface area contributed by atoms with E-state index in [1.165, 1.54) is 47.1 Å². The van der Waals surface area contributed by atoms with Crippen LogP contribution in [-0.2, 0) is 0 Å². The van der Waals surface area contributed by atoms with E-state index in [4.69, 9.17) is 9.15 Å². The normalized spacial score (nSPS) is 15.7. The van der Waals surface area contributed by atoms with Crippen molar-refractivity contribution in [1.29, 1.82) is 0 Å². The lowest BCUT2D eigenvalue weighted by atomic mass is 9.93. The molecule has 1 fully saturated rings. The van der Waals surface area contributed by atoms with E-state index in [-0.39, 0.29) is 11.9 Å². The molecule has 1 atom stereocenters. The number of nitrogens with one attached hydrogen (secondary N) is 1. The molecule has 0 radical (unpaired) electrons. The summed E-state index contributed by atoms with van der Waals surface area (Å²) in [5.74, 6) is 0.957. The molecule has 30 heavy (non-hydrogen) atoms. The highest BCUT2D eigenvalue weighted by Crippen LogP contribution is 2.43. The number of rotatable bonds is 6. The molecule has 0 saturated carbocycles. The topological polar surface area (TPSA) is 54.7 Å². The van der Waals surface area contributed by atoms with Gasteiger partial charge in [0.05, 0.1) is 19.4 Å². The van der Waals surface area contributed by atoms with Crippen molar-refractivity contribution in [2.24, 2.45) is 0 Å². The zero-order valence-corrected chi connectivity index (χ0v) is 18.6. The number of nitrogens with zero attached hydrogens (tertiary/aromatic N) is 1. The second-order valence-electron chi connectivity index (χ2n) is 7.73. The molecule has 3 aromatic rings. The molecule has 1 aromatic carbocycles. The molecule has 0 unspecified atom stereocenters. The van der Waals surface area contributed by atoms with E-state index in [1.54, 1.807) is 30.6 Å². The third kappa shape index (κ3) is 4.16. The van der Waals surface area contributed by atoms with Crippen LogP contribution in [-0.4, -0.2) is 31.0 Å². The Kier molecular flexibility index (Phi) is 6.25. The molecular weight excluding hydrogens is 396 g/mol. The van der Waals surface area contributed by atoms with Crippen LogP contribution in [0.5, 0.6) is 5.75 Å². The minimum atomic E-state index is -0.213. The summed E-state index contributed by atoms with van der Waals surface area (Å²) in [5.41, 5.74) is 3.64. The van der Waals surface area contributed by atoms with Crippen molar-refractivity contribution in [3.63, 3.8) is 0 Å². The number of carbonyl (C=O) groups excluding carboxylic acids is 1. The number of ether oxygens (including phenoxy) is 1. The van der Waals surface area contributed by atoms with Gasteiger partial charge in [0, 0.05) is 10.4 Å². The molecule has 0 spiro atoms. The van der Waals surface area contributed by atoms with Gasteiger partial charge in [-0.15, -0.1) is 11.3 Å². The minimum absolute atomic E-state index is 0.0908. The molecule has 1 amide bonds. The molecule has 1 N–H and O–H groups in total. The van der Waals surface area contributed by atoms with Gasteiger partial charge in [-0.2, -0.15) is 0 Å². The van der Waals surface area contributed by atoms with E-state index in [0.29, 0.717) is 5.76 Å². The van der Waals surface area contributed by atoms with Crippen LogP contribution < -0.4 is 10.1 Å². The predicted octanol–water partition coefficient (Wildman–Crippen LogP) is 5.79. The van der Waals surface area contributed by atoms with Gasteiger partial charge in [-0.1, -0.05) is 18.6 Å². The van der Waals surface area contributed by atoms with Crippen LogP contribution >= 0.6 is 11.3 Å². The zero-order chi connectivity index (χ0) is 21.1. The van der Waals surface area contributed by atoms with Gasteiger partial charge in [-0.05, 0) is 75.2 Å². The van der Waals surface area contributed by atoms with Crippen molar-refractivity contribution >= 4 is 22.2 Å². The Morgan fingerprint density at radius 2 is 1.87 bits per heavy atom. The standard InChI is InChI=1S/C24H28N2O3S/c1-16-17(2)30-24(25-23(27)20-8-7-15-29-20)21(16)22(26-13-5-4-6-14-26)18-9-11-19(28-3)12-10-18/h7-12,15,22H,4-6,13-14H2,1-3H3,(H,25,27)/t22-/m1/s1. The van der Waals surface area contributed by atoms with Crippen LogP contribution in [0.25, 0.3) is 0 Å². The van der Waals surface area contributed by atoms with Crippen molar-refractivity contribution in [2.45, 2.75) is 39.2 Å². The van der Waals surface area contributed by atoms with Crippen molar-refractivity contribution in [3.8, 4) is 5.75 Å². The lowest BCUT2D eigenvalue weighted by Gasteiger charge is -2.36. The summed E-state index contributed by atoms with van der Waals surface area (Å²) >= 11 is 1.64. The summed E-state index contributed by atoms with van der Waals surface area (Å²) in [6, 6.07) is 11.8. The number of likely N-dealkylation sites (tertiary alicyclic amines) is 1. The highest BCUT2D eigenvalue weighted by Gasteiger charge is 2.30. The number of aryl methyl sites for hydroxylation is 1. The second-order valence-corrected chi connectivity index (χ2v) is 8.95. The van der Waals surface area contributed by atoms with Crippen LogP contribution in [0.3, 0.4) is 0 Å². The molecule has 0 bridgehead atoms. The van der Waals surface area contributed by atoms with Gasteiger partial charge in [-0.3, -0.25) is 9.69 Å². The Hall–Kier alpha value is -2.57. The largest absolute Gasteiger partial charge is 0.497 e. The number of thiophene rings is 1. The number of hydrogen-bond donors (Lipinski definition) is 1. The van der Waals surface area contributed by atoms with Crippen molar-refractivity contribution in [1.82, 2.24) is 4.90 Å². The Labute approximate surface area is 181 Å². The summed E-state index contributed by atoms with van der Waals surface area (Å²) in [4.78, 5) is 16.5.